The van der Waals surface area contributed by atoms with E-state index in [9.17, 15) is 0 Å². The Bertz CT molecular complexity index is 636. The molecule has 2 aromatic rings. The maximum atomic E-state index is 8.80. The predicted molar refractivity (Wildman–Crippen MR) is 80.0 cm³/mol. The van der Waals surface area contributed by atoms with Gasteiger partial charge in [0.2, 0.25) is 0 Å². The third-order valence-electron chi connectivity index (χ3n) is 2.26. The lowest BCUT2D eigenvalue weighted by atomic mass is 10.2. The molecule has 0 unspecified atom stereocenters. The average Bonchev–Trinajstić information content (AvgIpc) is 2.41. The molecule has 0 atom stereocenters. The molecule has 0 bridgehead atoms. The average molecular weight is 359 g/mol. The van der Waals surface area contributed by atoms with Crippen LogP contribution in [0.15, 0.2) is 56.1 Å². The Morgan fingerprint density at radius 2 is 2.21 bits per heavy atom. The molecule has 0 radical (unpaired) electrons. The molecule has 1 aromatic heterocycles. The molecular weight excluding hydrogens is 350 g/mol. The Kier molecular flexibility index (Phi) is 4.68. The molecule has 0 spiro atoms. The first-order valence-electron chi connectivity index (χ1n) is 5.17. The van der Waals surface area contributed by atoms with Crippen LogP contribution in [-0.2, 0) is 0 Å². The standard InChI is InChI=1S/C12H9BrClN3OS/c13-9-2-1-5-16-12(9)19-10-6-7(14)3-4-8(10)11(15)17-18/h1-6,18H,(H2,15,17). The lowest BCUT2D eigenvalue weighted by Crippen LogP contribution is -2.14. The summed E-state index contributed by atoms with van der Waals surface area (Å²) in [5.41, 5.74) is 6.25. The Hall–Kier alpha value is -1.24. The number of oxime groups is 1. The number of hydrogen-bond acceptors (Lipinski definition) is 4. The second-order valence-electron chi connectivity index (χ2n) is 3.52. The number of pyridine rings is 1. The molecule has 7 heteroatoms. The molecule has 1 aromatic carbocycles. The third-order valence-corrected chi connectivity index (χ3v) is 4.47. The van der Waals surface area contributed by atoms with Gasteiger partial charge in [-0.3, -0.25) is 0 Å². The van der Waals surface area contributed by atoms with Crippen LogP contribution in [0.3, 0.4) is 0 Å². The van der Waals surface area contributed by atoms with Gasteiger partial charge in [-0.2, -0.15) is 0 Å². The zero-order valence-electron chi connectivity index (χ0n) is 9.55. The van der Waals surface area contributed by atoms with Gasteiger partial charge >= 0.3 is 0 Å². The van der Waals surface area contributed by atoms with Gasteiger partial charge in [0.1, 0.15) is 5.03 Å². The summed E-state index contributed by atoms with van der Waals surface area (Å²) in [6, 6.07) is 8.86. The Labute approximate surface area is 127 Å². The lowest BCUT2D eigenvalue weighted by molar-refractivity contribution is 0.318. The summed E-state index contributed by atoms with van der Waals surface area (Å²) in [6.45, 7) is 0. The summed E-state index contributed by atoms with van der Waals surface area (Å²) in [4.78, 5) is 5.03. The van der Waals surface area contributed by atoms with Gasteiger partial charge in [-0.05, 0) is 46.3 Å². The first kappa shape index (κ1) is 14.2. The van der Waals surface area contributed by atoms with E-state index in [0.29, 0.717) is 10.6 Å². The lowest BCUT2D eigenvalue weighted by Gasteiger charge is -2.08. The summed E-state index contributed by atoms with van der Waals surface area (Å²) in [5, 5.41) is 13.2. The van der Waals surface area contributed by atoms with E-state index in [1.54, 1.807) is 24.4 Å². The highest BCUT2D eigenvalue weighted by atomic mass is 79.9. The first-order valence-corrected chi connectivity index (χ1v) is 7.16. The summed E-state index contributed by atoms with van der Waals surface area (Å²) in [6.07, 6.45) is 1.70. The second-order valence-corrected chi connectivity index (χ2v) is 5.84. The van der Waals surface area contributed by atoms with E-state index in [1.165, 1.54) is 11.8 Å². The number of nitrogens with zero attached hydrogens (tertiary/aromatic N) is 2. The van der Waals surface area contributed by atoms with E-state index in [1.807, 2.05) is 12.1 Å². The van der Waals surface area contributed by atoms with Gasteiger partial charge in [0.05, 0.1) is 4.47 Å². The molecule has 0 saturated heterocycles. The van der Waals surface area contributed by atoms with Crippen LogP contribution >= 0.6 is 39.3 Å². The summed E-state index contributed by atoms with van der Waals surface area (Å²) < 4.78 is 0.866. The van der Waals surface area contributed by atoms with Gasteiger partial charge in [0.15, 0.2) is 5.84 Å². The van der Waals surface area contributed by atoms with E-state index < -0.39 is 0 Å². The highest BCUT2D eigenvalue weighted by Gasteiger charge is 2.11. The van der Waals surface area contributed by atoms with E-state index in [-0.39, 0.29) is 5.84 Å². The van der Waals surface area contributed by atoms with Gasteiger partial charge in [-0.15, -0.1) is 0 Å². The number of aromatic nitrogens is 1. The third kappa shape index (κ3) is 3.40. The number of halogens is 2. The molecule has 2 rings (SSSR count). The first-order chi connectivity index (χ1) is 9.11. The summed E-state index contributed by atoms with van der Waals surface area (Å²) in [5.74, 6) is 0.0335. The molecular formula is C12H9BrClN3OS. The van der Waals surface area contributed by atoms with Gasteiger partial charge in [0, 0.05) is 21.7 Å². The maximum Gasteiger partial charge on any atom is 0.171 e. The molecule has 3 N–H and O–H groups in total. The van der Waals surface area contributed by atoms with Crippen LogP contribution in [0.1, 0.15) is 5.56 Å². The molecule has 0 aliphatic carbocycles. The van der Waals surface area contributed by atoms with Crippen molar-refractivity contribution in [2.24, 2.45) is 10.9 Å². The predicted octanol–water partition coefficient (Wildman–Crippen LogP) is 3.74. The molecule has 1 heterocycles. The van der Waals surface area contributed by atoms with Crippen LogP contribution in [-0.4, -0.2) is 16.0 Å². The molecule has 98 valence electrons. The highest BCUT2D eigenvalue weighted by Crippen LogP contribution is 2.34. The molecule has 4 nitrogen and oxygen atoms in total. The largest absolute Gasteiger partial charge is 0.409 e. The quantitative estimate of drug-likeness (QED) is 0.379. The zero-order chi connectivity index (χ0) is 13.8. The fraction of sp³-hybridized carbons (Fsp3) is 0. The van der Waals surface area contributed by atoms with Crippen molar-refractivity contribution in [2.45, 2.75) is 9.92 Å². The fourth-order valence-corrected chi connectivity index (χ4v) is 3.09. The smallest absolute Gasteiger partial charge is 0.171 e. The molecule has 0 fully saturated rings. The number of hydrogen-bond donors (Lipinski definition) is 2. The van der Waals surface area contributed by atoms with E-state index in [2.05, 4.69) is 26.1 Å². The van der Waals surface area contributed by atoms with Crippen LogP contribution in [0.2, 0.25) is 5.02 Å². The zero-order valence-corrected chi connectivity index (χ0v) is 12.7. The second kappa shape index (κ2) is 6.27. The van der Waals surface area contributed by atoms with Gasteiger partial charge in [0.25, 0.3) is 0 Å². The molecule has 0 amide bonds. The van der Waals surface area contributed by atoms with E-state index in [0.717, 1.165) is 14.4 Å². The highest BCUT2D eigenvalue weighted by molar-refractivity contribution is 9.10. The Morgan fingerprint density at radius 3 is 2.89 bits per heavy atom. The van der Waals surface area contributed by atoms with Crippen LogP contribution in [0.4, 0.5) is 0 Å². The van der Waals surface area contributed by atoms with Crippen molar-refractivity contribution in [2.75, 3.05) is 0 Å². The molecule has 0 aliphatic heterocycles. The topological polar surface area (TPSA) is 71.5 Å². The van der Waals surface area contributed by atoms with Crippen molar-refractivity contribution in [1.29, 1.82) is 0 Å². The van der Waals surface area contributed by atoms with Crippen LogP contribution in [0, 0.1) is 0 Å². The van der Waals surface area contributed by atoms with Gasteiger partial charge in [-0.25, -0.2) is 4.98 Å². The number of amidine groups is 1. The van der Waals surface area contributed by atoms with Gasteiger partial charge in [-0.1, -0.05) is 28.5 Å². The minimum atomic E-state index is 0.0335. The Balaban J connectivity index is 2.44. The minimum absolute atomic E-state index is 0.0335. The monoisotopic (exact) mass is 357 g/mol. The number of rotatable bonds is 3. The summed E-state index contributed by atoms with van der Waals surface area (Å²) in [7, 11) is 0. The van der Waals surface area contributed by atoms with Crippen LogP contribution in [0.5, 0.6) is 0 Å². The van der Waals surface area contributed by atoms with Crippen LogP contribution in [0.25, 0.3) is 0 Å². The van der Waals surface area contributed by atoms with Crippen molar-refractivity contribution >= 4 is 45.1 Å². The maximum absolute atomic E-state index is 8.80. The van der Waals surface area contributed by atoms with Crippen LogP contribution < -0.4 is 5.73 Å². The van der Waals surface area contributed by atoms with E-state index >= 15 is 0 Å². The normalized spacial score (nSPS) is 11.6. The van der Waals surface area contributed by atoms with Crippen molar-refractivity contribution in [3.8, 4) is 0 Å². The molecule has 0 aliphatic rings. The van der Waals surface area contributed by atoms with Gasteiger partial charge < -0.3 is 10.9 Å². The van der Waals surface area contributed by atoms with E-state index in [4.69, 9.17) is 22.5 Å². The Morgan fingerprint density at radius 1 is 1.42 bits per heavy atom. The fourth-order valence-electron chi connectivity index (χ4n) is 1.40. The number of nitrogens with two attached hydrogens (primary N) is 1. The SMILES string of the molecule is NC(=NO)c1ccc(Cl)cc1Sc1ncccc1Br. The summed E-state index contributed by atoms with van der Waals surface area (Å²) >= 11 is 10.8. The molecule has 19 heavy (non-hydrogen) atoms. The minimum Gasteiger partial charge on any atom is -0.409 e. The van der Waals surface area contributed by atoms with Crippen molar-refractivity contribution < 1.29 is 5.21 Å². The van der Waals surface area contributed by atoms with Crippen molar-refractivity contribution in [3.05, 3.63) is 51.6 Å². The van der Waals surface area contributed by atoms with Crippen molar-refractivity contribution in [1.82, 2.24) is 4.98 Å². The molecule has 0 saturated carbocycles. The van der Waals surface area contributed by atoms with Crippen molar-refractivity contribution in [3.63, 3.8) is 0 Å². The number of benzene rings is 1.